The van der Waals surface area contributed by atoms with Gasteiger partial charge in [0.2, 0.25) is 5.78 Å². The Balaban J connectivity index is 2.03. The van der Waals surface area contributed by atoms with E-state index in [4.69, 9.17) is 0 Å². The summed E-state index contributed by atoms with van der Waals surface area (Å²) in [5, 5.41) is 0. The number of carbonyl (C=O) groups is 1. The second kappa shape index (κ2) is 6.83. The van der Waals surface area contributed by atoms with Gasteiger partial charge in [-0.25, -0.2) is 0 Å². The van der Waals surface area contributed by atoms with Crippen molar-refractivity contribution in [1.29, 1.82) is 0 Å². The maximum absolute atomic E-state index is 12.8. The Hall–Kier alpha value is -2.42. The van der Waals surface area contributed by atoms with Crippen LogP contribution >= 0.6 is 0 Å². The number of aromatic nitrogens is 1. The van der Waals surface area contributed by atoms with Crippen molar-refractivity contribution in [2.75, 3.05) is 11.4 Å². The number of pyridine rings is 1. The second-order valence-electron chi connectivity index (χ2n) is 7.59. The van der Waals surface area contributed by atoms with Crippen molar-refractivity contribution in [3.63, 3.8) is 0 Å². The molecule has 25 heavy (non-hydrogen) atoms. The zero-order valence-corrected chi connectivity index (χ0v) is 15.5. The van der Waals surface area contributed by atoms with Gasteiger partial charge in [-0.15, -0.1) is 0 Å². The molecule has 2 heterocycles. The molecule has 0 saturated heterocycles. The Labute approximate surface area is 150 Å². The van der Waals surface area contributed by atoms with Gasteiger partial charge < -0.3 is 4.90 Å². The lowest BCUT2D eigenvalue weighted by molar-refractivity contribution is 0.104. The Morgan fingerprint density at radius 1 is 1.16 bits per heavy atom. The van der Waals surface area contributed by atoms with Crippen LogP contribution in [0.3, 0.4) is 0 Å². The molecular formula is C22H26N2O. The number of ketones is 1. The van der Waals surface area contributed by atoms with Crippen molar-refractivity contribution in [2.24, 2.45) is 5.92 Å². The zero-order valence-electron chi connectivity index (χ0n) is 15.5. The van der Waals surface area contributed by atoms with Crippen LogP contribution in [0.4, 0.5) is 5.69 Å². The highest BCUT2D eigenvalue weighted by Gasteiger charge is 2.40. The van der Waals surface area contributed by atoms with Crippen LogP contribution in [0.2, 0.25) is 0 Å². The zero-order chi connectivity index (χ0) is 18.0. The minimum absolute atomic E-state index is 0.0361. The van der Waals surface area contributed by atoms with Gasteiger partial charge in [-0.2, -0.15) is 0 Å². The number of rotatable bonds is 5. The predicted molar refractivity (Wildman–Crippen MR) is 103 cm³/mol. The molecule has 0 fully saturated rings. The first-order valence-corrected chi connectivity index (χ1v) is 8.96. The van der Waals surface area contributed by atoms with Crippen molar-refractivity contribution in [3.8, 4) is 0 Å². The number of para-hydroxylation sites is 1. The molecule has 3 nitrogen and oxygen atoms in total. The van der Waals surface area contributed by atoms with E-state index in [1.54, 1.807) is 18.3 Å². The molecule has 2 aromatic rings. The molecule has 0 N–H and O–H groups in total. The SMILES string of the molecule is CC(C)CCN1C(=CC(=O)c2ccccn2)C(C)(C)c2ccccc21. The molecule has 130 valence electrons. The van der Waals surface area contributed by atoms with E-state index in [0.717, 1.165) is 18.7 Å². The average molecular weight is 334 g/mol. The predicted octanol–water partition coefficient (Wildman–Crippen LogP) is 4.99. The van der Waals surface area contributed by atoms with Gasteiger partial charge in [-0.05, 0) is 36.1 Å². The Bertz CT molecular complexity index is 791. The fourth-order valence-corrected chi connectivity index (χ4v) is 3.44. The molecule has 0 radical (unpaired) electrons. The number of hydrogen-bond acceptors (Lipinski definition) is 3. The summed E-state index contributed by atoms with van der Waals surface area (Å²) in [5.74, 6) is 0.578. The molecule has 1 aliphatic heterocycles. The Morgan fingerprint density at radius 2 is 1.88 bits per heavy atom. The fourth-order valence-electron chi connectivity index (χ4n) is 3.44. The molecule has 0 aliphatic carbocycles. The average Bonchev–Trinajstić information content (AvgIpc) is 2.81. The lowest BCUT2D eigenvalue weighted by Crippen LogP contribution is -2.28. The second-order valence-corrected chi connectivity index (χ2v) is 7.59. The summed E-state index contributed by atoms with van der Waals surface area (Å²) < 4.78 is 0. The number of hydrogen-bond donors (Lipinski definition) is 0. The largest absolute Gasteiger partial charge is 0.344 e. The van der Waals surface area contributed by atoms with Crippen LogP contribution in [-0.2, 0) is 5.41 Å². The van der Waals surface area contributed by atoms with Crippen molar-refractivity contribution in [3.05, 3.63) is 71.7 Å². The summed E-state index contributed by atoms with van der Waals surface area (Å²) in [6, 6.07) is 13.9. The summed E-state index contributed by atoms with van der Waals surface area (Å²) in [6.07, 6.45) is 4.53. The molecule has 3 heteroatoms. The van der Waals surface area contributed by atoms with E-state index in [-0.39, 0.29) is 11.2 Å². The van der Waals surface area contributed by atoms with E-state index >= 15 is 0 Å². The molecule has 0 atom stereocenters. The van der Waals surface area contributed by atoms with Gasteiger partial charge >= 0.3 is 0 Å². The van der Waals surface area contributed by atoms with Crippen molar-refractivity contribution in [1.82, 2.24) is 4.98 Å². The first kappa shape index (κ1) is 17.4. The molecule has 0 amide bonds. The van der Waals surface area contributed by atoms with E-state index < -0.39 is 0 Å². The summed E-state index contributed by atoms with van der Waals surface area (Å²) >= 11 is 0. The summed E-state index contributed by atoms with van der Waals surface area (Å²) in [5.41, 5.74) is 3.85. The van der Waals surface area contributed by atoms with Crippen molar-refractivity contribution in [2.45, 2.75) is 39.5 Å². The van der Waals surface area contributed by atoms with Gasteiger partial charge in [-0.1, -0.05) is 52.0 Å². The van der Waals surface area contributed by atoms with Gasteiger partial charge in [0.25, 0.3) is 0 Å². The van der Waals surface area contributed by atoms with Crippen LogP contribution in [0.5, 0.6) is 0 Å². The number of benzene rings is 1. The Kier molecular flexibility index (Phi) is 4.76. The Morgan fingerprint density at radius 3 is 2.56 bits per heavy atom. The smallest absolute Gasteiger partial charge is 0.205 e. The van der Waals surface area contributed by atoms with Crippen molar-refractivity contribution >= 4 is 11.5 Å². The van der Waals surface area contributed by atoms with Crippen LogP contribution in [0.1, 0.15) is 50.2 Å². The van der Waals surface area contributed by atoms with E-state index in [9.17, 15) is 4.79 Å². The molecule has 0 bridgehead atoms. The molecule has 1 aromatic heterocycles. The fraction of sp³-hybridized carbons (Fsp3) is 0.364. The minimum atomic E-state index is -0.196. The minimum Gasteiger partial charge on any atom is -0.344 e. The third-order valence-electron chi connectivity index (χ3n) is 4.91. The third kappa shape index (κ3) is 3.37. The van der Waals surface area contributed by atoms with Gasteiger partial charge in [0.05, 0.1) is 0 Å². The molecule has 1 aromatic carbocycles. The number of fused-ring (bicyclic) bond motifs is 1. The van der Waals surface area contributed by atoms with Gasteiger partial charge in [0.1, 0.15) is 5.69 Å². The number of nitrogens with zero attached hydrogens (tertiary/aromatic N) is 2. The van der Waals surface area contributed by atoms with Crippen LogP contribution in [0, 0.1) is 5.92 Å². The highest BCUT2D eigenvalue weighted by Crippen LogP contribution is 2.47. The molecular weight excluding hydrogens is 308 g/mol. The van der Waals surface area contributed by atoms with Gasteiger partial charge in [-0.3, -0.25) is 9.78 Å². The van der Waals surface area contributed by atoms with E-state index in [1.165, 1.54) is 11.3 Å². The maximum atomic E-state index is 12.8. The standard InChI is InChI=1S/C22H26N2O/c1-16(2)12-14-24-19-11-6-5-9-17(19)22(3,4)21(24)15-20(25)18-10-7-8-13-23-18/h5-11,13,15-16H,12,14H2,1-4H3. The van der Waals surface area contributed by atoms with Crippen LogP contribution in [-0.4, -0.2) is 17.3 Å². The molecule has 1 aliphatic rings. The quantitative estimate of drug-likeness (QED) is 0.570. The van der Waals surface area contributed by atoms with Gasteiger partial charge in [0, 0.05) is 35.6 Å². The van der Waals surface area contributed by atoms with E-state index in [2.05, 4.69) is 61.8 Å². The topological polar surface area (TPSA) is 33.2 Å². The number of allylic oxidation sites excluding steroid dienone is 2. The summed E-state index contributed by atoms with van der Waals surface area (Å²) in [7, 11) is 0. The highest BCUT2D eigenvalue weighted by molar-refractivity contribution is 6.04. The molecule has 0 unspecified atom stereocenters. The molecule has 0 spiro atoms. The van der Waals surface area contributed by atoms with Crippen LogP contribution in [0.25, 0.3) is 0 Å². The molecule has 0 saturated carbocycles. The first-order chi connectivity index (χ1) is 11.9. The maximum Gasteiger partial charge on any atom is 0.205 e. The first-order valence-electron chi connectivity index (χ1n) is 8.96. The number of carbonyl (C=O) groups excluding carboxylic acids is 1. The van der Waals surface area contributed by atoms with Gasteiger partial charge in [0.15, 0.2) is 0 Å². The third-order valence-corrected chi connectivity index (χ3v) is 4.91. The monoisotopic (exact) mass is 334 g/mol. The highest BCUT2D eigenvalue weighted by atomic mass is 16.1. The summed E-state index contributed by atoms with van der Waals surface area (Å²) in [6.45, 7) is 9.77. The normalized spacial score (nSPS) is 17.2. The number of anilines is 1. The van der Waals surface area contributed by atoms with E-state index in [0.29, 0.717) is 11.6 Å². The van der Waals surface area contributed by atoms with Crippen molar-refractivity contribution < 1.29 is 4.79 Å². The lowest BCUT2D eigenvalue weighted by atomic mass is 9.83. The van der Waals surface area contributed by atoms with Crippen LogP contribution < -0.4 is 4.90 Å². The van der Waals surface area contributed by atoms with E-state index in [1.807, 2.05) is 12.1 Å². The lowest BCUT2D eigenvalue weighted by Gasteiger charge is -2.27. The molecule has 3 rings (SSSR count). The van der Waals surface area contributed by atoms with Crippen LogP contribution in [0.15, 0.2) is 60.4 Å². The summed E-state index contributed by atoms with van der Waals surface area (Å²) in [4.78, 5) is 19.3.